The normalized spacial score (nSPS) is 17.3. The first kappa shape index (κ1) is 19.7. The summed E-state index contributed by atoms with van der Waals surface area (Å²) in [7, 11) is 1.79. The monoisotopic (exact) mass is 394 g/mol. The van der Waals surface area contributed by atoms with Gasteiger partial charge in [0.25, 0.3) is 5.91 Å². The third-order valence-corrected chi connectivity index (χ3v) is 6.01. The van der Waals surface area contributed by atoms with Gasteiger partial charge in [-0.3, -0.25) is 19.4 Å². The van der Waals surface area contributed by atoms with Crippen LogP contribution in [0.1, 0.15) is 55.3 Å². The van der Waals surface area contributed by atoms with Crippen LogP contribution >= 0.6 is 0 Å². The molecular formula is C23H30N4O2. The summed E-state index contributed by atoms with van der Waals surface area (Å²) < 4.78 is 2.04. The number of likely N-dealkylation sites (tertiary alicyclic amines) is 1. The van der Waals surface area contributed by atoms with Crippen LogP contribution < -0.4 is 9.80 Å². The molecule has 6 heteroatoms. The van der Waals surface area contributed by atoms with Gasteiger partial charge >= 0.3 is 0 Å². The van der Waals surface area contributed by atoms with Crippen molar-refractivity contribution in [2.45, 2.75) is 46.1 Å². The van der Waals surface area contributed by atoms with E-state index in [1.165, 1.54) is 6.42 Å². The zero-order chi connectivity index (χ0) is 20.7. The molecule has 0 unspecified atom stereocenters. The van der Waals surface area contributed by atoms with E-state index < -0.39 is 0 Å². The zero-order valence-corrected chi connectivity index (χ0v) is 17.8. The van der Waals surface area contributed by atoms with Crippen LogP contribution in [0.25, 0.3) is 0 Å². The molecule has 2 amide bonds. The molecule has 29 heavy (non-hydrogen) atoms. The van der Waals surface area contributed by atoms with Crippen LogP contribution in [0.4, 0.5) is 17.1 Å². The molecule has 0 atom stereocenters. The Morgan fingerprint density at radius 2 is 1.69 bits per heavy atom. The maximum Gasteiger partial charge on any atom is 0.276 e. The van der Waals surface area contributed by atoms with Crippen LogP contribution in [0.15, 0.2) is 30.3 Å². The highest BCUT2D eigenvalue weighted by atomic mass is 16.2. The van der Waals surface area contributed by atoms with Crippen molar-refractivity contribution in [1.29, 1.82) is 0 Å². The predicted molar refractivity (Wildman–Crippen MR) is 116 cm³/mol. The fourth-order valence-electron chi connectivity index (χ4n) is 4.67. The van der Waals surface area contributed by atoms with Crippen LogP contribution in [0.5, 0.6) is 0 Å². The molecule has 2 aromatic rings. The Bertz CT molecular complexity index is 940. The third kappa shape index (κ3) is 3.35. The smallest absolute Gasteiger partial charge is 0.276 e. The Balaban J connectivity index is 1.86. The van der Waals surface area contributed by atoms with Crippen molar-refractivity contribution < 1.29 is 9.59 Å². The number of hydrogen-bond donors (Lipinski definition) is 0. The number of aromatic nitrogens is 1. The first-order chi connectivity index (χ1) is 13.9. The van der Waals surface area contributed by atoms with E-state index in [4.69, 9.17) is 0 Å². The van der Waals surface area contributed by atoms with Crippen LogP contribution in [0.2, 0.25) is 0 Å². The molecule has 2 aliphatic rings. The predicted octanol–water partition coefficient (Wildman–Crippen LogP) is 4.12. The second kappa shape index (κ2) is 7.67. The molecule has 0 spiro atoms. The average Bonchev–Trinajstić information content (AvgIpc) is 3.01. The van der Waals surface area contributed by atoms with Gasteiger partial charge in [-0.25, -0.2) is 0 Å². The van der Waals surface area contributed by atoms with Crippen LogP contribution in [0.3, 0.4) is 0 Å². The first-order valence-corrected chi connectivity index (χ1v) is 10.5. The molecule has 1 aromatic carbocycles. The van der Waals surface area contributed by atoms with Gasteiger partial charge in [0.2, 0.25) is 5.91 Å². The Hall–Kier alpha value is -2.60. The molecule has 1 fully saturated rings. The molecule has 0 bridgehead atoms. The van der Waals surface area contributed by atoms with Crippen molar-refractivity contribution in [1.82, 2.24) is 9.47 Å². The maximum absolute atomic E-state index is 13.6. The van der Waals surface area contributed by atoms with Crippen molar-refractivity contribution in [3.63, 3.8) is 0 Å². The lowest BCUT2D eigenvalue weighted by Crippen LogP contribution is -2.40. The number of piperidine rings is 1. The summed E-state index contributed by atoms with van der Waals surface area (Å²) in [5, 5.41) is 0. The Morgan fingerprint density at radius 3 is 2.34 bits per heavy atom. The third-order valence-electron chi connectivity index (χ3n) is 6.01. The van der Waals surface area contributed by atoms with E-state index in [9.17, 15) is 9.59 Å². The standard InChI is InChI=1S/C23H30N4O2/c1-16(2)26-17(3)14-20-22(26)23(29)24(4)18-10-6-7-11-19(18)27(20)21(28)15-25-12-8-5-9-13-25/h6-7,10-11,14,16H,5,8-9,12-13,15H2,1-4H3. The van der Waals surface area contributed by atoms with E-state index >= 15 is 0 Å². The lowest BCUT2D eigenvalue weighted by Gasteiger charge is -2.30. The average molecular weight is 395 g/mol. The molecule has 0 radical (unpaired) electrons. The molecule has 0 aliphatic carbocycles. The molecule has 2 aliphatic heterocycles. The molecule has 6 nitrogen and oxygen atoms in total. The zero-order valence-electron chi connectivity index (χ0n) is 17.8. The number of para-hydroxylation sites is 2. The number of hydrogen-bond acceptors (Lipinski definition) is 3. The van der Waals surface area contributed by atoms with Gasteiger partial charge in [0, 0.05) is 18.8 Å². The fourth-order valence-corrected chi connectivity index (χ4v) is 4.67. The van der Waals surface area contributed by atoms with Crippen LogP contribution in [0, 0.1) is 6.92 Å². The number of aryl methyl sites for hydroxylation is 1. The highest BCUT2D eigenvalue weighted by molar-refractivity contribution is 6.18. The number of fused-ring (bicyclic) bond motifs is 2. The van der Waals surface area contributed by atoms with E-state index in [-0.39, 0.29) is 17.9 Å². The maximum atomic E-state index is 13.6. The SMILES string of the molecule is Cc1cc2c(n1C(C)C)C(=O)N(C)c1ccccc1N2C(=O)CN1CCCCC1. The number of nitrogens with zero attached hydrogens (tertiary/aromatic N) is 4. The molecule has 0 N–H and O–H groups in total. The highest BCUT2D eigenvalue weighted by Gasteiger charge is 2.36. The van der Waals surface area contributed by atoms with Crippen LogP contribution in [-0.4, -0.2) is 48.0 Å². The highest BCUT2D eigenvalue weighted by Crippen LogP contribution is 2.42. The van der Waals surface area contributed by atoms with Crippen molar-refractivity contribution in [3.8, 4) is 0 Å². The van der Waals surface area contributed by atoms with E-state index in [2.05, 4.69) is 18.7 Å². The van der Waals surface area contributed by atoms with Gasteiger partial charge in [0.05, 0.1) is 23.6 Å². The lowest BCUT2D eigenvalue weighted by atomic mass is 10.1. The quantitative estimate of drug-likeness (QED) is 0.787. The number of carbonyl (C=O) groups is 2. The fraction of sp³-hybridized carbons (Fsp3) is 0.478. The van der Waals surface area contributed by atoms with Gasteiger partial charge < -0.3 is 9.47 Å². The van der Waals surface area contributed by atoms with Crippen molar-refractivity contribution in [3.05, 3.63) is 41.7 Å². The topological polar surface area (TPSA) is 48.8 Å². The second-order valence-corrected chi connectivity index (χ2v) is 8.40. The van der Waals surface area contributed by atoms with E-state index in [1.54, 1.807) is 16.8 Å². The van der Waals surface area contributed by atoms with Crippen molar-refractivity contribution in [2.24, 2.45) is 0 Å². The minimum Gasteiger partial charge on any atom is -0.337 e. The molecule has 3 heterocycles. The van der Waals surface area contributed by atoms with E-state index in [1.807, 2.05) is 41.8 Å². The summed E-state index contributed by atoms with van der Waals surface area (Å²) >= 11 is 0. The number of amides is 2. The van der Waals surface area contributed by atoms with Gasteiger partial charge in [0.1, 0.15) is 5.69 Å². The van der Waals surface area contributed by atoms with Crippen LogP contribution in [-0.2, 0) is 4.79 Å². The summed E-state index contributed by atoms with van der Waals surface area (Å²) in [6.45, 7) is 8.42. The second-order valence-electron chi connectivity index (χ2n) is 8.40. The number of rotatable bonds is 3. The Kier molecular flexibility index (Phi) is 5.21. The minimum absolute atomic E-state index is 0.0182. The van der Waals surface area contributed by atoms with Crippen molar-refractivity contribution in [2.75, 3.05) is 36.5 Å². The molecule has 1 saturated heterocycles. The van der Waals surface area contributed by atoms with E-state index in [0.29, 0.717) is 17.9 Å². The lowest BCUT2D eigenvalue weighted by molar-refractivity contribution is -0.119. The summed E-state index contributed by atoms with van der Waals surface area (Å²) in [4.78, 5) is 32.7. The largest absolute Gasteiger partial charge is 0.337 e. The number of anilines is 3. The summed E-state index contributed by atoms with van der Waals surface area (Å²) in [6, 6.07) is 9.79. The number of carbonyl (C=O) groups excluding carboxylic acids is 2. The van der Waals surface area contributed by atoms with Gasteiger partial charge in [-0.2, -0.15) is 0 Å². The molecule has 0 saturated carbocycles. The van der Waals surface area contributed by atoms with Gasteiger partial charge in [-0.05, 0) is 64.9 Å². The number of benzene rings is 1. The Morgan fingerprint density at radius 1 is 1.03 bits per heavy atom. The van der Waals surface area contributed by atoms with E-state index in [0.717, 1.165) is 43.0 Å². The van der Waals surface area contributed by atoms with Gasteiger partial charge in [-0.15, -0.1) is 0 Å². The molecule has 4 rings (SSSR count). The van der Waals surface area contributed by atoms with Crippen molar-refractivity contribution >= 4 is 28.9 Å². The molecule has 154 valence electrons. The summed E-state index contributed by atoms with van der Waals surface area (Å²) in [5.41, 5.74) is 3.80. The van der Waals surface area contributed by atoms with Gasteiger partial charge in [0.15, 0.2) is 0 Å². The Labute approximate surface area is 172 Å². The minimum atomic E-state index is -0.0810. The van der Waals surface area contributed by atoms with Gasteiger partial charge in [-0.1, -0.05) is 18.6 Å². The molecule has 1 aromatic heterocycles. The molecular weight excluding hydrogens is 364 g/mol. The summed E-state index contributed by atoms with van der Waals surface area (Å²) in [6.07, 6.45) is 3.51. The first-order valence-electron chi connectivity index (χ1n) is 10.5. The summed E-state index contributed by atoms with van der Waals surface area (Å²) in [5.74, 6) is -0.0628.